The number of nitrogens with one attached hydrogen (secondary N) is 1. The van der Waals surface area contributed by atoms with Gasteiger partial charge in [-0.15, -0.1) is 0 Å². The summed E-state index contributed by atoms with van der Waals surface area (Å²) in [4.78, 5) is 24.1. The number of hydrogen-bond acceptors (Lipinski definition) is 4. The molecular weight excluding hydrogens is 348 g/mol. The lowest BCUT2D eigenvalue weighted by atomic mass is 9.92. The van der Waals surface area contributed by atoms with Crippen molar-refractivity contribution in [1.82, 2.24) is 9.97 Å². The first-order valence-electron chi connectivity index (χ1n) is 10.5. The fourth-order valence-corrected chi connectivity index (χ4v) is 3.75. The Bertz CT molecular complexity index is 764. The molecule has 1 fully saturated rings. The molecule has 2 aromatic rings. The van der Waals surface area contributed by atoms with Crippen molar-refractivity contribution in [3.8, 4) is 0 Å². The fraction of sp³-hybridized carbons (Fsp3) is 0.522. The number of rotatable bonds is 5. The van der Waals surface area contributed by atoms with Crippen LogP contribution >= 0.6 is 0 Å². The van der Waals surface area contributed by atoms with Crippen LogP contribution in [0.5, 0.6) is 0 Å². The molecule has 1 aliphatic rings. The van der Waals surface area contributed by atoms with E-state index in [0.717, 1.165) is 35.9 Å². The highest BCUT2D eigenvalue weighted by atomic mass is 16.1. The minimum Gasteiger partial charge on any atom is -0.341 e. The first-order chi connectivity index (χ1) is 13.5. The van der Waals surface area contributed by atoms with E-state index < -0.39 is 0 Å². The molecule has 0 unspecified atom stereocenters. The Labute approximate surface area is 168 Å². The average Bonchev–Trinajstić information content (AvgIpc) is 2.97. The van der Waals surface area contributed by atoms with Crippen LogP contribution in [0.1, 0.15) is 86.7 Å². The summed E-state index contributed by atoms with van der Waals surface area (Å²) in [6.45, 7) is 10.6. The van der Waals surface area contributed by atoms with Crippen LogP contribution in [-0.2, 0) is 0 Å². The molecule has 1 aliphatic heterocycles. The Morgan fingerprint density at radius 2 is 1.46 bits per heavy atom. The van der Waals surface area contributed by atoms with Gasteiger partial charge in [-0.1, -0.05) is 58.7 Å². The molecule has 5 nitrogen and oxygen atoms in total. The zero-order chi connectivity index (χ0) is 20.1. The maximum absolute atomic E-state index is 12.9. The summed E-state index contributed by atoms with van der Waals surface area (Å²) < 4.78 is 0. The number of hydrogen-bond donors (Lipinski definition) is 1. The summed E-state index contributed by atoms with van der Waals surface area (Å²) in [5.41, 5.74) is 3.73. The van der Waals surface area contributed by atoms with Crippen molar-refractivity contribution in [2.45, 2.75) is 65.2 Å². The highest BCUT2D eigenvalue weighted by molar-refractivity contribution is 6.04. The smallest absolute Gasteiger partial charge is 0.258 e. The molecule has 1 aromatic carbocycles. The molecule has 5 heteroatoms. The molecule has 1 aromatic heterocycles. The molecular formula is C23H32N4O. The van der Waals surface area contributed by atoms with Crippen LogP contribution in [0.2, 0.25) is 0 Å². The highest BCUT2D eigenvalue weighted by Crippen LogP contribution is 2.32. The monoisotopic (exact) mass is 380 g/mol. The van der Waals surface area contributed by atoms with Gasteiger partial charge < -0.3 is 10.2 Å². The van der Waals surface area contributed by atoms with Gasteiger partial charge in [0.25, 0.3) is 5.91 Å². The zero-order valence-corrected chi connectivity index (χ0v) is 17.5. The van der Waals surface area contributed by atoms with Crippen molar-refractivity contribution in [2.24, 2.45) is 0 Å². The van der Waals surface area contributed by atoms with E-state index in [2.05, 4.69) is 66.1 Å². The van der Waals surface area contributed by atoms with Gasteiger partial charge in [-0.2, -0.15) is 0 Å². The van der Waals surface area contributed by atoms with Gasteiger partial charge in [0.2, 0.25) is 5.95 Å². The van der Waals surface area contributed by atoms with Gasteiger partial charge in [0.05, 0.1) is 5.56 Å². The lowest BCUT2D eigenvalue weighted by Crippen LogP contribution is -2.26. The van der Waals surface area contributed by atoms with Crippen LogP contribution in [0, 0.1) is 0 Å². The number of carbonyl (C=O) groups is 1. The molecule has 0 aliphatic carbocycles. The largest absolute Gasteiger partial charge is 0.341 e. The van der Waals surface area contributed by atoms with Crippen molar-refractivity contribution in [3.63, 3.8) is 0 Å². The van der Waals surface area contributed by atoms with Crippen LogP contribution in [0.15, 0.2) is 30.6 Å². The number of nitrogens with zero attached hydrogens (tertiary/aromatic N) is 3. The van der Waals surface area contributed by atoms with E-state index in [4.69, 9.17) is 0 Å². The Kier molecular flexibility index (Phi) is 6.65. The maximum Gasteiger partial charge on any atom is 0.258 e. The van der Waals surface area contributed by atoms with Gasteiger partial charge in [-0.3, -0.25) is 4.79 Å². The lowest BCUT2D eigenvalue weighted by Gasteiger charge is -2.21. The summed E-state index contributed by atoms with van der Waals surface area (Å²) >= 11 is 0. The molecule has 1 saturated heterocycles. The minimum absolute atomic E-state index is 0.155. The number of aromatic nitrogens is 2. The van der Waals surface area contributed by atoms with Crippen LogP contribution in [0.25, 0.3) is 0 Å². The van der Waals surface area contributed by atoms with Crippen molar-refractivity contribution in [3.05, 3.63) is 47.3 Å². The van der Waals surface area contributed by atoms with Crippen LogP contribution in [0.4, 0.5) is 11.6 Å². The average molecular weight is 381 g/mol. The van der Waals surface area contributed by atoms with Gasteiger partial charge in [0.1, 0.15) is 0 Å². The van der Waals surface area contributed by atoms with Gasteiger partial charge in [0.15, 0.2) is 0 Å². The third-order valence-electron chi connectivity index (χ3n) is 5.40. The van der Waals surface area contributed by atoms with E-state index in [1.54, 1.807) is 12.4 Å². The van der Waals surface area contributed by atoms with Crippen molar-refractivity contribution >= 4 is 17.5 Å². The van der Waals surface area contributed by atoms with E-state index in [9.17, 15) is 4.79 Å². The van der Waals surface area contributed by atoms with Gasteiger partial charge in [-0.05, 0) is 35.8 Å². The minimum atomic E-state index is -0.155. The second kappa shape index (κ2) is 9.18. The van der Waals surface area contributed by atoms with E-state index in [1.807, 2.05) is 0 Å². The molecule has 28 heavy (non-hydrogen) atoms. The summed E-state index contributed by atoms with van der Waals surface area (Å²) in [6.07, 6.45) is 8.19. The number of anilines is 2. The van der Waals surface area contributed by atoms with Crippen LogP contribution in [-0.4, -0.2) is 29.0 Å². The Morgan fingerprint density at radius 1 is 0.929 bits per heavy atom. The van der Waals surface area contributed by atoms with Crippen molar-refractivity contribution in [2.75, 3.05) is 23.3 Å². The summed E-state index contributed by atoms with van der Waals surface area (Å²) in [5.74, 6) is 1.23. The predicted molar refractivity (Wildman–Crippen MR) is 115 cm³/mol. The molecule has 0 atom stereocenters. The Morgan fingerprint density at radius 3 is 1.96 bits per heavy atom. The van der Waals surface area contributed by atoms with Gasteiger partial charge >= 0.3 is 0 Å². The molecule has 0 saturated carbocycles. The second-order valence-corrected chi connectivity index (χ2v) is 8.25. The normalized spacial score (nSPS) is 15.0. The second-order valence-electron chi connectivity index (χ2n) is 8.25. The quantitative estimate of drug-likeness (QED) is 0.759. The SMILES string of the molecule is CC(C)c1cccc(C(C)C)c1NC(=O)c1cnc(N2CCCCCC2)nc1. The molecule has 0 bridgehead atoms. The predicted octanol–water partition coefficient (Wildman–Crippen LogP) is 5.36. The van der Waals surface area contributed by atoms with E-state index in [0.29, 0.717) is 17.4 Å². The van der Waals surface area contributed by atoms with Gasteiger partial charge in [-0.25, -0.2) is 9.97 Å². The molecule has 3 rings (SSSR count). The number of amides is 1. The number of para-hydroxylation sites is 1. The molecule has 1 N–H and O–H groups in total. The zero-order valence-electron chi connectivity index (χ0n) is 17.5. The molecule has 0 spiro atoms. The van der Waals surface area contributed by atoms with Crippen molar-refractivity contribution in [1.29, 1.82) is 0 Å². The molecule has 0 radical (unpaired) electrons. The van der Waals surface area contributed by atoms with Crippen molar-refractivity contribution < 1.29 is 4.79 Å². The standard InChI is InChI=1S/C23H32N4O/c1-16(2)19-10-9-11-20(17(3)4)21(19)26-22(28)18-14-24-23(25-15-18)27-12-7-5-6-8-13-27/h9-11,14-17H,5-8,12-13H2,1-4H3,(H,26,28). The first kappa shape index (κ1) is 20.3. The van der Waals surface area contributed by atoms with Crippen LogP contribution < -0.4 is 10.2 Å². The molecule has 150 valence electrons. The Hall–Kier alpha value is -2.43. The Balaban J connectivity index is 1.80. The number of carbonyl (C=O) groups excluding carboxylic acids is 1. The molecule has 2 heterocycles. The molecule has 1 amide bonds. The lowest BCUT2D eigenvalue weighted by molar-refractivity contribution is 0.102. The highest BCUT2D eigenvalue weighted by Gasteiger charge is 2.18. The summed E-state index contributed by atoms with van der Waals surface area (Å²) in [5, 5.41) is 3.13. The van der Waals surface area contributed by atoms with Crippen LogP contribution in [0.3, 0.4) is 0 Å². The summed E-state index contributed by atoms with van der Waals surface area (Å²) in [6, 6.07) is 6.25. The third kappa shape index (κ3) is 4.70. The first-order valence-corrected chi connectivity index (χ1v) is 10.5. The summed E-state index contributed by atoms with van der Waals surface area (Å²) in [7, 11) is 0. The van der Waals surface area contributed by atoms with E-state index in [1.165, 1.54) is 25.7 Å². The van der Waals surface area contributed by atoms with E-state index >= 15 is 0 Å². The fourth-order valence-electron chi connectivity index (χ4n) is 3.75. The van der Waals surface area contributed by atoms with E-state index in [-0.39, 0.29) is 5.91 Å². The number of benzene rings is 1. The van der Waals surface area contributed by atoms with Gasteiger partial charge in [0, 0.05) is 31.2 Å². The maximum atomic E-state index is 12.9. The third-order valence-corrected chi connectivity index (χ3v) is 5.40. The topological polar surface area (TPSA) is 58.1 Å².